The van der Waals surface area contributed by atoms with Crippen molar-refractivity contribution < 1.29 is 14.3 Å². The Kier molecular flexibility index (Phi) is 4.26. The molecule has 3 aliphatic rings. The van der Waals surface area contributed by atoms with Gasteiger partial charge in [0.2, 0.25) is 11.8 Å². The van der Waals surface area contributed by atoms with E-state index >= 15 is 0 Å². The fourth-order valence-corrected chi connectivity index (χ4v) is 3.81. The number of carbonyl (C=O) groups excluding carboxylic acids is 1. The van der Waals surface area contributed by atoms with Crippen molar-refractivity contribution in [3.63, 3.8) is 0 Å². The first kappa shape index (κ1) is 15.6. The molecule has 4 rings (SSSR count). The molecule has 3 heterocycles. The van der Waals surface area contributed by atoms with E-state index in [1.807, 2.05) is 6.07 Å². The summed E-state index contributed by atoms with van der Waals surface area (Å²) >= 11 is 0. The standard InChI is InChI=1S/C17H24N4O3/c1-23-16-6-15(19-10-20-16)21-5-4-13-12(8-21)9-24-14(13)7-18-17(22)11-2-3-11/h6,10-14H,2-5,7-9H2,1H3,(H,18,22)/t12-,13-,14+/m1/s1. The summed E-state index contributed by atoms with van der Waals surface area (Å²) < 4.78 is 11.2. The van der Waals surface area contributed by atoms with E-state index in [2.05, 4.69) is 20.2 Å². The van der Waals surface area contributed by atoms with E-state index in [0.29, 0.717) is 24.3 Å². The van der Waals surface area contributed by atoms with Crippen molar-refractivity contribution >= 4 is 11.7 Å². The molecule has 1 aromatic heterocycles. The molecule has 1 amide bonds. The number of ether oxygens (including phenoxy) is 2. The molecule has 7 nitrogen and oxygen atoms in total. The van der Waals surface area contributed by atoms with Crippen LogP contribution in [0, 0.1) is 17.8 Å². The molecule has 1 saturated carbocycles. The third-order valence-electron chi connectivity index (χ3n) is 5.38. The molecule has 24 heavy (non-hydrogen) atoms. The number of methoxy groups -OCH3 is 1. The van der Waals surface area contributed by atoms with Crippen molar-refractivity contribution in [3.05, 3.63) is 12.4 Å². The van der Waals surface area contributed by atoms with Crippen LogP contribution in [0.25, 0.3) is 0 Å². The smallest absolute Gasteiger partial charge is 0.223 e. The Labute approximate surface area is 141 Å². The van der Waals surface area contributed by atoms with Crippen LogP contribution in [0.4, 0.5) is 5.82 Å². The maximum Gasteiger partial charge on any atom is 0.223 e. The Morgan fingerprint density at radius 2 is 2.29 bits per heavy atom. The number of aromatic nitrogens is 2. The van der Waals surface area contributed by atoms with Gasteiger partial charge in [-0.3, -0.25) is 4.79 Å². The molecule has 0 radical (unpaired) electrons. The summed E-state index contributed by atoms with van der Waals surface area (Å²) in [6.07, 6.45) is 4.84. The molecule has 2 aliphatic heterocycles. The lowest BCUT2D eigenvalue weighted by molar-refractivity contribution is -0.122. The Balaban J connectivity index is 1.34. The second-order valence-electron chi connectivity index (χ2n) is 6.97. The molecule has 3 fully saturated rings. The molecule has 3 atom stereocenters. The van der Waals surface area contributed by atoms with Gasteiger partial charge in [0, 0.05) is 37.5 Å². The van der Waals surface area contributed by atoms with Gasteiger partial charge < -0.3 is 19.7 Å². The Morgan fingerprint density at radius 3 is 3.08 bits per heavy atom. The molecule has 2 saturated heterocycles. The van der Waals surface area contributed by atoms with Crippen LogP contribution in [0.3, 0.4) is 0 Å². The van der Waals surface area contributed by atoms with Gasteiger partial charge in [0.1, 0.15) is 12.1 Å². The summed E-state index contributed by atoms with van der Waals surface area (Å²) in [7, 11) is 1.61. The number of fused-ring (bicyclic) bond motifs is 1. The fourth-order valence-electron chi connectivity index (χ4n) is 3.81. The quantitative estimate of drug-likeness (QED) is 0.861. The Bertz CT molecular complexity index is 607. The highest BCUT2D eigenvalue weighted by atomic mass is 16.5. The molecule has 0 aromatic carbocycles. The molecule has 1 aliphatic carbocycles. The average molecular weight is 332 g/mol. The number of rotatable bonds is 5. The van der Waals surface area contributed by atoms with Gasteiger partial charge >= 0.3 is 0 Å². The normalized spacial score (nSPS) is 29.2. The van der Waals surface area contributed by atoms with E-state index in [4.69, 9.17) is 9.47 Å². The third kappa shape index (κ3) is 3.17. The fraction of sp³-hybridized carbons (Fsp3) is 0.706. The van der Waals surface area contributed by atoms with Gasteiger partial charge in [0.25, 0.3) is 0 Å². The van der Waals surface area contributed by atoms with Gasteiger partial charge in [-0.1, -0.05) is 0 Å². The second-order valence-corrected chi connectivity index (χ2v) is 6.97. The van der Waals surface area contributed by atoms with E-state index in [9.17, 15) is 4.79 Å². The van der Waals surface area contributed by atoms with Crippen LogP contribution in [-0.4, -0.2) is 55.3 Å². The van der Waals surface area contributed by atoms with Gasteiger partial charge in [0.05, 0.1) is 19.8 Å². The molecule has 1 N–H and O–H groups in total. The SMILES string of the molecule is COc1cc(N2CC[C@@H]3[C@@H](CO[C@H]3CNC(=O)C3CC3)C2)ncn1. The van der Waals surface area contributed by atoms with Gasteiger partial charge in [-0.25, -0.2) is 9.97 Å². The predicted octanol–water partition coefficient (Wildman–Crippen LogP) is 0.853. The van der Waals surface area contributed by atoms with Crippen LogP contribution in [0.1, 0.15) is 19.3 Å². The topological polar surface area (TPSA) is 76.6 Å². The summed E-state index contributed by atoms with van der Waals surface area (Å²) in [5, 5.41) is 3.06. The monoisotopic (exact) mass is 332 g/mol. The lowest BCUT2D eigenvalue weighted by Gasteiger charge is -2.36. The first-order chi connectivity index (χ1) is 11.7. The number of hydrogen-bond donors (Lipinski definition) is 1. The summed E-state index contributed by atoms with van der Waals surface area (Å²) in [5.74, 6) is 2.97. The summed E-state index contributed by atoms with van der Waals surface area (Å²) in [6.45, 7) is 3.28. The van der Waals surface area contributed by atoms with Crippen LogP contribution >= 0.6 is 0 Å². The van der Waals surface area contributed by atoms with E-state index in [-0.39, 0.29) is 17.9 Å². The van der Waals surface area contributed by atoms with E-state index in [1.54, 1.807) is 13.4 Å². The summed E-state index contributed by atoms with van der Waals surface area (Å²) in [5.41, 5.74) is 0. The first-order valence-corrected chi connectivity index (χ1v) is 8.75. The number of nitrogens with zero attached hydrogens (tertiary/aromatic N) is 3. The molecule has 0 unspecified atom stereocenters. The van der Waals surface area contributed by atoms with Gasteiger partial charge in [-0.2, -0.15) is 0 Å². The molecular weight excluding hydrogens is 308 g/mol. The zero-order chi connectivity index (χ0) is 16.5. The molecule has 0 bridgehead atoms. The highest BCUT2D eigenvalue weighted by molar-refractivity contribution is 5.80. The summed E-state index contributed by atoms with van der Waals surface area (Å²) in [4.78, 5) is 22.5. The number of piperidine rings is 1. The van der Waals surface area contributed by atoms with Crippen LogP contribution in [-0.2, 0) is 9.53 Å². The lowest BCUT2D eigenvalue weighted by Crippen LogP contribution is -2.44. The van der Waals surface area contributed by atoms with Gasteiger partial charge in [0.15, 0.2) is 0 Å². The van der Waals surface area contributed by atoms with E-state index in [0.717, 1.165) is 44.8 Å². The third-order valence-corrected chi connectivity index (χ3v) is 5.38. The minimum atomic E-state index is 0.153. The number of hydrogen-bond acceptors (Lipinski definition) is 6. The number of nitrogens with one attached hydrogen (secondary N) is 1. The minimum Gasteiger partial charge on any atom is -0.481 e. The largest absolute Gasteiger partial charge is 0.481 e. The number of amides is 1. The Hall–Kier alpha value is -1.89. The van der Waals surface area contributed by atoms with Crippen LogP contribution in [0.5, 0.6) is 5.88 Å². The predicted molar refractivity (Wildman–Crippen MR) is 87.9 cm³/mol. The Morgan fingerprint density at radius 1 is 1.42 bits per heavy atom. The van der Waals surface area contributed by atoms with Crippen molar-refractivity contribution in [1.82, 2.24) is 15.3 Å². The maximum atomic E-state index is 11.8. The van der Waals surface area contributed by atoms with Crippen LogP contribution in [0.2, 0.25) is 0 Å². The average Bonchev–Trinajstić information content (AvgIpc) is 3.40. The molecule has 1 aromatic rings. The van der Waals surface area contributed by atoms with Gasteiger partial charge in [-0.15, -0.1) is 0 Å². The van der Waals surface area contributed by atoms with Crippen LogP contribution < -0.4 is 15.0 Å². The molecule has 130 valence electrons. The zero-order valence-corrected chi connectivity index (χ0v) is 14.0. The van der Waals surface area contributed by atoms with Crippen molar-refractivity contribution in [1.29, 1.82) is 0 Å². The molecule has 7 heteroatoms. The highest BCUT2D eigenvalue weighted by Crippen LogP contribution is 2.36. The zero-order valence-electron chi connectivity index (χ0n) is 14.0. The summed E-state index contributed by atoms with van der Waals surface area (Å²) in [6, 6.07) is 1.88. The molecule has 0 spiro atoms. The highest BCUT2D eigenvalue weighted by Gasteiger charge is 2.41. The second kappa shape index (κ2) is 6.55. The van der Waals surface area contributed by atoms with Crippen molar-refractivity contribution in [2.45, 2.75) is 25.4 Å². The maximum absolute atomic E-state index is 11.8. The molecular formula is C17H24N4O3. The lowest BCUT2D eigenvalue weighted by atomic mass is 9.84. The van der Waals surface area contributed by atoms with E-state index < -0.39 is 0 Å². The van der Waals surface area contributed by atoms with Crippen LogP contribution in [0.15, 0.2) is 12.4 Å². The van der Waals surface area contributed by atoms with Crippen molar-refractivity contribution in [3.8, 4) is 5.88 Å². The number of carbonyl (C=O) groups is 1. The van der Waals surface area contributed by atoms with Gasteiger partial charge in [-0.05, 0) is 25.2 Å². The van der Waals surface area contributed by atoms with Crippen molar-refractivity contribution in [2.75, 3.05) is 38.3 Å². The van der Waals surface area contributed by atoms with Crippen molar-refractivity contribution in [2.24, 2.45) is 17.8 Å². The van der Waals surface area contributed by atoms with E-state index in [1.165, 1.54) is 0 Å². The minimum absolute atomic E-state index is 0.153. The number of anilines is 1. The first-order valence-electron chi connectivity index (χ1n) is 8.75.